The second-order valence-electron chi connectivity index (χ2n) is 5.15. The summed E-state index contributed by atoms with van der Waals surface area (Å²) in [6.07, 6.45) is 0.00432. The van der Waals surface area contributed by atoms with Crippen LogP contribution in [0.5, 0.6) is 0 Å². The molecule has 92 valence electrons. The van der Waals surface area contributed by atoms with Gasteiger partial charge in [0.2, 0.25) is 0 Å². The van der Waals surface area contributed by atoms with Gasteiger partial charge in [0.05, 0.1) is 11.6 Å². The second-order valence-corrected chi connectivity index (χ2v) is 5.15. The SMILES string of the molecule is CC1c2c(C=O)cc(F)cc2NC(C)(C)C1O. The molecule has 0 bridgehead atoms. The van der Waals surface area contributed by atoms with Crippen molar-refractivity contribution in [2.75, 3.05) is 5.32 Å². The summed E-state index contributed by atoms with van der Waals surface area (Å²) in [5.41, 5.74) is 1.04. The van der Waals surface area contributed by atoms with Crippen LogP contribution in [-0.2, 0) is 0 Å². The molecule has 1 heterocycles. The lowest BCUT2D eigenvalue weighted by molar-refractivity contribution is 0.0862. The first-order valence-electron chi connectivity index (χ1n) is 5.61. The quantitative estimate of drug-likeness (QED) is 0.737. The number of aliphatic hydroxyl groups excluding tert-OH is 1. The zero-order valence-electron chi connectivity index (χ0n) is 10.1. The van der Waals surface area contributed by atoms with Gasteiger partial charge in [-0.25, -0.2) is 4.39 Å². The lowest BCUT2D eigenvalue weighted by Crippen LogP contribution is -2.50. The van der Waals surface area contributed by atoms with E-state index in [4.69, 9.17) is 0 Å². The third-order valence-electron chi connectivity index (χ3n) is 3.43. The van der Waals surface area contributed by atoms with Gasteiger partial charge in [-0.15, -0.1) is 0 Å². The highest BCUT2D eigenvalue weighted by Gasteiger charge is 2.39. The first-order chi connectivity index (χ1) is 7.86. The molecule has 2 unspecified atom stereocenters. The number of anilines is 1. The number of fused-ring (bicyclic) bond motifs is 1. The minimum absolute atomic E-state index is 0.206. The number of aldehydes is 1. The van der Waals surface area contributed by atoms with Crippen LogP contribution in [0.4, 0.5) is 10.1 Å². The Morgan fingerprint density at radius 1 is 1.47 bits per heavy atom. The van der Waals surface area contributed by atoms with E-state index >= 15 is 0 Å². The third kappa shape index (κ3) is 1.82. The molecule has 17 heavy (non-hydrogen) atoms. The zero-order valence-corrected chi connectivity index (χ0v) is 10.1. The molecule has 0 saturated heterocycles. The summed E-state index contributed by atoms with van der Waals surface area (Å²) in [6.45, 7) is 5.54. The summed E-state index contributed by atoms with van der Waals surface area (Å²) in [5.74, 6) is -0.653. The maximum absolute atomic E-state index is 13.4. The highest BCUT2D eigenvalue weighted by atomic mass is 19.1. The number of carbonyl (C=O) groups is 1. The number of rotatable bonds is 1. The number of hydrogen-bond donors (Lipinski definition) is 2. The predicted molar refractivity (Wildman–Crippen MR) is 63.9 cm³/mol. The van der Waals surface area contributed by atoms with Crippen LogP contribution in [0.25, 0.3) is 0 Å². The standard InChI is InChI=1S/C13H16FNO2/c1-7-11-8(6-16)4-9(14)5-10(11)15-13(2,3)12(7)17/h4-7,12,15,17H,1-3H3. The molecule has 4 heteroatoms. The molecule has 1 aromatic rings. The molecule has 2 N–H and O–H groups in total. The molecule has 0 saturated carbocycles. The van der Waals surface area contributed by atoms with Gasteiger partial charge in [0.15, 0.2) is 6.29 Å². The lowest BCUT2D eigenvalue weighted by Gasteiger charge is -2.42. The largest absolute Gasteiger partial charge is 0.390 e. The average molecular weight is 237 g/mol. The van der Waals surface area contributed by atoms with E-state index in [9.17, 15) is 14.3 Å². The fourth-order valence-electron chi connectivity index (χ4n) is 2.55. The highest BCUT2D eigenvalue weighted by molar-refractivity contribution is 5.82. The molecule has 1 aliphatic rings. The summed E-state index contributed by atoms with van der Waals surface area (Å²) < 4.78 is 13.4. The van der Waals surface area contributed by atoms with Gasteiger partial charge in [-0.2, -0.15) is 0 Å². The van der Waals surface area contributed by atoms with Crippen LogP contribution in [0.1, 0.15) is 42.6 Å². The minimum atomic E-state index is -0.626. The number of aliphatic hydroxyl groups is 1. The van der Waals surface area contributed by atoms with Crippen molar-refractivity contribution in [2.45, 2.75) is 38.3 Å². The van der Waals surface area contributed by atoms with E-state index in [0.717, 1.165) is 0 Å². The Morgan fingerprint density at radius 3 is 2.71 bits per heavy atom. The van der Waals surface area contributed by atoms with E-state index in [0.29, 0.717) is 23.1 Å². The smallest absolute Gasteiger partial charge is 0.150 e. The van der Waals surface area contributed by atoms with E-state index in [1.807, 2.05) is 20.8 Å². The van der Waals surface area contributed by atoms with Crippen molar-refractivity contribution in [3.8, 4) is 0 Å². The van der Waals surface area contributed by atoms with Gasteiger partial charge in [0, 0.05) is 17.2 Å². The van der Waals surface area contributed by atoms with E-state index in [-0.39, 0.29) is 5.92 Å². The number of hydrogen-bond acceptors (Lipinski definition) is 3. The topological polar surface area (TPSA) is 49.3 Å². The van der Waals surface area contributed by atoms with Crippen molar-refractivity contribution in [1.29, 1.82) is 0 Å². The Morgan fingerprint density at radius 2 is 2.12 bits per heavy atom. The molecule has 1 aliphatic heterocycles. The van der Waals surface area contributed by atoms with Gasteiger partial charge >= 0.3 is 0 Å². The van der Waals surface area contributed by atoms with Crippen molar-refractivity contribution < 1.29 is 14.3 Å². The van der Waals surface area contributed by atoms with Crippen LogP contribution >= 0.6 is 0 Å². The molecular formula is C13H16FNO2. The van der Waals surface area contributed by atoms with Gasteiger partial charge in [0.1, 0.15) is 5.82 Å². The van der Waals surface area contributed by atoms with Gasteiger partial charge in [-0.3, -0.25) is 4.79 Å². The number of halogens is 1. The van der Waals surface area contributed by atoms with Crippen molar-refractivity contribution in [1.82, 2.24) is 0 Å². The van der Waals surface area contributed by atoms with Crippen LogP contribution in [0.15, 0.2) is 12.1 Å². The molecule has 0 fully saturated rings. The Kier molecular flexibility index (Phi) is 2.70. The lowest BCUT2D eigenvalue weighted by atomic mass is 9.77. The van der Waals surface area contributed by atoms with E-state index in [1.54, 1.807) is 0 Å². The Labute approximate surface area is 99.7 Å². The molecule has 0 radical (unpaired) electrons. The van der Waals surface area contributed by atoms with Crippen molar-refractivity contribution in [3.63, 3.8) is 0 Å². The van der Waals surface area contributed by atoms with E-state index in [1.165, 1.54) is 12.1 Å². The molecule has 0 spiro atoms. The second kappa shape index (κ2) is 3.81. The van der Waals surface area contributed by atoms with Crippen LogP contribution in [0, 0.1) is 5.82 Å². The Bertz CT molecular complexity index is 471. The van der Waals surface area contributed by atoms with Crippen molar-refractivity contribution >= 4 is 12.0 Å². The summed E-state index contributed by atoms with van der Waals surface area (Å²) in [6, 6.07) is 2.57. The monoisotopic (exact) mass is 237 g/mol. The predicted octanol–water partition coefficient (Wildman–Crippen LogP) is 2.31. The zero-order chi connectivity index (χ0) is 12.8. The first-order valence-corrected chi connectivity index (χ1v) is 5.61. The number of carbonyl (C=O) groups excluding carboxylic acids is 1. The van der Waals surface area contributed by atoms with E-state index in [2.05, 4.69) is 5.32 Å². The van der Waals surface area contributed by atoms with Gasteiger partial charge < -0.3 is 10.4 Å². The summed E-state index contributed by atoms with van der Waals surface area (Å²) >= 11 is 0. The molecule has 0 aromatic heterocycles. The fourth-order valence-corrected chi connectivity index (χ4v) is 2.55. The molecule has 2 rings (SSSR count). The fraction of sp³-hybridized carbons (Fsp3) is 0.462. The van der Waals surface area contributed by atoms with Crippen LogP contribution < -0.4 is 5.32 Å². The van der Waals surface area contributed by atoms with Gasteiger partial charge in [0.25, 0.3) is 0 Å². The minimum Gasteiger partial charge on any atom is -0.390 e. The first kappa shape index (κ1) is 12.0. The highest BCUT2D eigenvalue weighted by Crippen LogP contribution is 2.40. The maximum Gasteiger partial charge on any atom is 0.150 e. The Hall–Kier alpha value is -1.42. The summed E-state index contributed by atoms with van der Waals surface area (Å²) in [4.78, 5) is 11.0. The molecule has 0 amide bonds. The molecular weight excluding hydrogens is 221 g/mol. The number of nitrogens with one attached hydrogen (secondary N) is 1. The molecule has 2 atom stereocenters. The summed E-state index contributed by atoms with van der Waals surface area (Å²) in [7, 11) is 0. The third-order valence-corrected chi connectivity index (χ3v) is 3.43. The van der Waals surface area contributed by atoms with Crippen molar-refractivity contribution in [2.24, 2.45) is 0 Å². The van der Waals surface area contributed by atoms with Crippen LogP contribution in [0.2, 0.25) is 0 Å². The molecule has 3 nitrogen and oxygen atoms in total. The summed E-state index contributed by atoms with van der Waals surface area (Å²) in [5, 5.41) is 13.3. The van der Waals surface area contributed by atoms with Gasteiger partial charge in [-0.1, -0.05) is 6.92 Å². The Balaban J connectivity index is 2.64. The van der Waals surface area contributed by atoms with Crippen LogP contribution in [-0.4, -0.2) is 23.0 Å². The van der Waals surface area contributed by atoms with Crippen LogP contribution in [0.3, 0.4) is 0 Å². The maximum atomic E-state index is 13.4. The molecule has 0 aliphatic carbocycles. The van der Waals surface area contributed by atoms with Crippen molar-refractivity contribution in [3.05, 3.63) is 29.1 Å². The normalized spacial score (nSPS) is 25.9. The molecule has 1 aromatic carbocycles. The van der Waals surface area contributed by atoms with E-state index < -0.39 is 17.5 Å². The average Bonchev–Trinajstić information content (AvgIpc) is 2.24. The van der Waals surface area contributed by atoms with Gasteiger partial charge in [-0.05, 0) is 31.5 Å². The number of benzene rings is 1.